The maximum Gasteiger partial charge on any atom is 0.244 e. The first-order valence-corrected chi connectivity index (χ1v) is 8.20. The highest BCUT2D eigenvalue weighted by molar-refractivity contribution is 5.91. The van der Waals surface area contributed by atoms with Gasteiger partial charge in [-0.1, -0.05) is 69.3 Å². The minimum absolute atomic E-state index is 0.0261. The largest absolute Gasteiger partial charge is 0.491 e. The lowest BCUT2D eigenvalue weighted by atomic mass is 9.86. The number of hydrogen-bond acceptors (Lipinski definition) is 2. The van der Waals surface area contributed by atoms with Crippen LogP contribution in [-0.2, 0) is 10.2 Å². The summed E-state index contributed by atoms with van der Waals surface area (Å²) in [6.07, 6.45) is 3.34. The van der Waals surface area contributed by atoms with Crippen molar-refractivity contribution in [2.24, 2.45) is 0 Å². The minimum Gasteiger partial charge on any atom is -0.491 e. The summed E-state index contributed by atoms with van der Waals surface area (Å²) in [7, 11) is 0. The van der Waals surface area contributed by atoms with E-state index in [2.05, 4.69) is 32.2 Å². The molecule has 126 valence electrons. The Balaban J connectivity index is 1.79. The smallest absolute Gasteiger partial charge is 0.244 e. The van der Waals surface area contributed by atoms with Crippen LogP contribution in [-0.4, -0.2) is 19.1 Å². The highest BCUT2D eigenvalue weighted by Crippen LogP contribution is 2.30. The van der Waals surface area contributed by atoms with E-state index in [-0.39, 0.29) is 11.3 Å². The van der Waals surface area contributed by atoms with Gasteiger partial charge >= 0.3 is 0 Å². The van der Waals surface area contributed by atoms with E-state index in [1.165, 1.54) is 5.56 Å². The van der Waals surface area contributed by atoms with Gasteiger partial charge in [0.15, 0.2) is 0 Å². The Morgan fingerprint density at radius 3 is 2.42 bits per heavy atom. The van der Waals surface area contributed by atoms with Crippen LogP contribution in [0.1, 0.15) is 31.9 Å². The van der Waals surface area contributed by atoms with Crippen LogP contribution in [0.2, 0.25) is 0 Å². The third kappa shape index (κ3) is 5.58. The summed E-state index contributed by atoms with van der Waals surface area (Å²) in [4.78, 5) is 11.8. The first-order chi connectivity index (χ1) is 11.5. The van der Waals surface area contributed by atoms with Crippen LogP contribution in [0.25, 0.3) is 6.08 Å². The van der Waals surface area contributed by atoms with E-state index in [1.54, 1.807) is 12.2 Å². The van der Waals surface area contributed by atoms with E-state index in [0.717, 1.165) is 11.3 Å². The lowest BCUT2D eigenvalue weighted by Crippen LogP contribution is -2.26. The Kier molecular flexibility index (Phi) is 6.19. The van der Waals surface area contributed by atoms with E-state index in [9.17, 15) is 4.79 Å². The van der Waals surface area contributed by atoms with Crippen molar-refractivity contribution in [3.63, 3.8) is 0 Å². The third-order valence-corrected chi connectivity index (χ3v) is 3.58. The number of para-hydroxylation sites is 1. The Morgan fingerprint density at radius 2 is 1.71 bits per heavy atom. The summed E-state index contributed by atoms with van der Waals surface area (Å²) in [6, 6.07) is 17.8. The van der Waals surface area contributed by atoms with Gasteiger partial charge < -0.3 is 10.1 Å². The number of ether oxygens (including phenoxy) is 1. The van der Waals surface area contributed by atoms with Crippen LogP contribution < -0.4 is 10.1 Å². The van der Waals surface area contributed by atoms with E-state index in [4.69, 9.17) is 4.74 Å². The molecule has 1 amide bonds. The molecule has 0 heterocycles. The first kappa shape index (κ1) is 17.8. The molecule has 0 atom stereocenters. The van der Waals surface area contributed by atoms with Crippen LogP contribution in [0.15, 0.2) is 60.7 Å². The maximum atomic E-state index is 11.8. The summed E-state index contributed by atoms with van der Waals surface area (Å²) in [6.45, 7) is 7.39. The highest BCUT2D eigenvalue weighted by atomic mass is 16.5. The average Bonchev–Trinajstić information content (AvgIpc) is 2.57. The zero-order valence-corrected chi connectivity index (χ0v) is 14.6. The summed E-state index contributed by atoms with van der Waals surface area (Å²) in [5, 5.41) is 2.83. The number of rotatable bonds is 6. The van der Waals surface area contributed by atoms with Crippen LogP contribution in [0.5, 0.6) is 5.75 Å². The van der Waals surface area contributed by atoms with E-state index in [0.29, 0.717) is 13.2 Å². The van der Waals surface area contributed by atoms with Gasteiger partial charge in [0.05, 0.1) is 6.54 Å². The Hall–Kier alpha value is -2.55. The van der Waals surface area contributed by atoms with Gasteiger partial charge in [0.25, 0.3) is 0 Å². The summed E-state index contributed by atoms with van der Waals surface area (Å²) >= 11 is 0. The molecule has 0 aliphatic heterocycles. The van der Waals surface area contributed by atoms with Gasteiger partial charge in [-0.25, -0.2) is 0 Å². The number of carbonyl (C=O) groups excluding carboxylic acids is 1. The van der Waals surface area contributed by atoms with Crippen molar-refractivity contribution in [3.05, 3.63) is 71.8 Å². The van der Waals surface area contributed by atoms with Crippen molar-refractivity contribution < 1.29 is 9.53 Å². The predicted octanol–water partition coefficient (Wildman–Crippen LogP) is 4.19. The molecule has 3 nitrogen and oxygen atoms in total. The van der Waals surface area contributed by atoms with Crippen LogP contribution in [0.3, 0.4) is 0 Å². The fourth-order valence-corrected chi connectivity index (χ4v) is 2.34. The normalized spacial score (nSPS) is 11.5. The van der Waals surface area contributed by atoms with Crippen molar-refractivity contribution >= 4 is 12.0 Å². The SMILES string of the molecule is CC(C)(C)c1ccccc1OCCNC(=O)/C=C/c1ccccc1. The second-order valence-electron chi connectivity index (χ2n) is 6.63. The summed E-state index contributed by atoms with van der Waals surface area (Å²) in [5.41, 5.74) is 2.20. The molecule has 0 unspecified atom stereocenters. The molecule has 0 fully saturated rings. The molecule has 0 aromatic heterocycles. The van der Waals surface area contributed by atoms with Crippen LogP contribution in [0.4, 0.5) is 0 Å². The van der Waals surface area contributed by atoms with Crippen LogP contribution in [0, 0.1) is 0 Å². The van der Waals surface area contributed by atoms with Gasteiger partial charge in [0.1, 0.15) is 12.4 Å². The minimum atomic E-state index is -0.119. The predicted molar refractivity (Wildman–Crippen MR) is 99.1 cm³/mol. The lowest BCUT2D eigenvalue weighted by Gasteiger charge is -2.22. The molecule has 0 aliphatic carbocycles. The molecule has 2 rings (SSSR count). The number of hydrogen-bond donors (Lipinski definition) is 1. The van der Waals surface area contributed by atoms with Crippen molar-refractivity contribution in [1.29, 1.82) is 0 Å². The van der Waals surface area contributed by atoms with Crippen molar-refractivity contribution in [1.82, 2.24) is 5.32 Å². The Labute approximate surface area is 144 Å². The van der Waals surface area contributed by atoms with E-state index < -0.39 is 0 Å². The van der Waals surface area contributed by atoms with Crippen molar-refractivity contribution in [2.45, 2.75) is 26.2 Å². The number of amides is 1. The van der Waals surface area contributed by atoms with Gasteiger partial charge in [-0.05, 0) is 28.7 Å². The highest BCUT2D eigenvalue weighted by Gasteiger charge is 2.18. The molecule has 0 aliphatic rings. The quantitative estimate of drug-likeness (QED) is 0.639. The average molecular weight is 323 g/mol. The van der Waals surface area contributed by atoms with Gasteiger partial charge in [-0.15, -0.1) is 0 Å². The first-order valence-electron chi connectivity index (χ1n) is 8.20. The zero-order chi connectivity index (χ0) is 17.4. The molecule has 2 aromatic carbocycles. The van der Waals surface area contributed by atoms with Crippen LogP contribution >= 0.6 is 0 Å². The molecule has 0 spiro atoms. The second kappa shape index (κ2) is 8.34. The van der Waals surface area contributed by atoms with Crippen molar-refractivity contribution in [3.8, 4) is 5.75 Å². The maximum absolute atomic E-state index is 11.8. The third-order valence-electron chi connectivity index (χ3n) is 3.58. The van der Waals surface area contributed by atoms with E-state index in [1.807, 2.05) is 48.5 Å². The van der Waals surface area contributed by atoms with E-state index >= 15 is 0 Å². The molecular weight excluding hydrogens is 298 g/mol. The summed E-state index contributed by atoms with van der Waals surface area (Å²) < 4.78 is 5.84. The molecule has 0 saturated carbocycles. The molecule has 2 aromatic rings. The molecule has 24 heavy (non-hydrogen) atoms. The fraction of sp³-hybridized carbons (Fsp3) is 0.286. The van der Waals surface area contributed by atoms with Gasteiger partial charge in [-0.2, -0.15) is 0 Å². The second-order valence-corrected chi connectivity index (χ2v) is 6.63. The van der Waals surface area contributed by atoms with Gasteiger partial charge in [0.2, 0.25) is 5.91 Å². The number of nitrogens with one attached hydrogen (secondary N) is 1. The molecule has 0 saturated heterocycles. The summed E-state index contributed by atoms with van der Waals surface area (Å²) in [5.74, 6) is 0.755. The molecule has 0 radical (unpaired) electrons. The molecule has 3 heteroatoms. The molecule has 1 N–H and O–H groups in total. The molecule has 0 bridgehead atoms. The number of benzene rings is 2. The topological polar surface area (TPSA) is 38.3 Å². The number of carbonyl (C=O) groups is 1. The standard InChI is InChI=1S/C21H25NO2/c1-21(2,3)18-11-7-8-12-19(18)24-16-15-22-20(23)14-13-17-9-5-4-6-10-17/h4-14H,15-16H2,1-3H3,(H,22,23)/b14-13+. The van der Waals surface area contributed by atoms with Gasteiger partial charge in [0, 0.05) is 6.08 Å². The monoisotopic (exact) mass is 323 g/mol. The fourth-order valence-electron chi connectivity index (χ4n) is 2.34. The van der Waals surface area contributed by atoms with Crippen molar-refractivity contribution in [2.75, 3.05) is 13.2 Å². The van der Waals surface area contributed by atoms with Gasteiger partial charge in [-0.3, -0.25) is 4.79 Å². The molecular formula is C21H25NO2. The zero-order valence-electron chi connectivity index (χ0n) is 14.6. The lowest BCUT2D eigenvalue weighted by molar-refractivity contribution is -0.116. The Morgan fingerprint density at radius 1 is 1.04 bits per heavy atom. The Bertz CT molecular complexity index is 684.